The van der Waals surface area contributed by atoms with E-state index in [0.717, 1.165) is 3.57 Å². The first-order valence-electron chi connectivity index (χ1n) is 3.97. The molecule has 1 aromatic carbocycles. The summed E-state index contributed by atoms with van der Waals surface area (Å²) in [5, 5.41) is 1.29. The highest BCUT2D eigenvalue weighted by atomic mass is 127. The van der Waals surface area contributed by atoms with Crippen LogP contribution in [0.3, 0.4) is 0 Å². The Hall–Kier alpha value is 0.530. The third-order valence-corrected chi connectivity index (χ3v) is 3.82. The molecule has 1 rings (SSSR count). The number of halogens is 3. The summed E-state index contributed by atoms with van der Waals surface area (Å²) in [6.07, 6.45) is 0. The van der Waals surface area contributed by atoms with Crippen molar-refractivity contribution in [2.75, 3.05) is 0 Å². The summed E-state index contributed by atoms with van der Waals surface area (Å²) in [6.45, 7) is 6.47. The first-order chi connectivity index (χ1) is 5.82. The minimum atomic E-state index is 0.119. The summed E-state index contributed by atoms with van der Waals surface area (Å²) >= 11 is 14.1. The van der Waals surface area contributed by atoms with E-state index in [0.29, 0.717) is 10.0 Å². The van der Waals surface area contributed by atoms with E-state index < -0.39 is 0 Å². The Morgan fingerprint density at radius 3 is 2.08 bits per heavy atom. The number of hydrogen-bond donors (Lipinski definition) is 0. The molecule has 0 aromatic heterocycles. The minimum absolute atomic E-state index is 0.119. The van der Waals surface area contributed by atoms with E-state index in [4.69, 9.17) is 23.2 Å². The Bertz CT molecular complexity index is 303. The van der Waals surface area contributed by atoms with E-state index in [-0.39, 0.29) is 5.41 Å². The third-order valence-electron chi connectivity index (χ3n) is 1.85. The predicted octanol–water partition coefficient (Wildman–Crippen LogP) is 4.90. The average Bonchev–Trinajstić information content (AvgIpc) is 1.97. The van der Waals surface area contributed by atoms with Gasteiger partial charge in [-0.15, -0.1) is 0 Å². The third kappa shape index (κ3) is 2.74. The van der Waals surface area contributed by atoms with Crippen molar-refractivity contribution < 1.29 is 0 Å². The zero-order chi connectivity index (χ0) is 10.2. The molecule has 0 radical (unpaired) electrons. The van der Waals surface area contributed by atoms with Gasteiger partial charge in [0.15, 0.2) is 0 Å². The van der Waals surface area contributed by atoms with Gasteiger partial charge in [0, 0.05) is 3.57 Å². The van der Waals surface area contributed by atoms with Crippen molar-refractivity contribution in [2.45, 2.75) is 26.2 Å². The van der Waals surface area contributed by atoms with Gasteiger partial charge in [0.05, 0.1) is 10.0 Å². The van der Waals surface area contributed by atoms with Gasteiger partial charge in [-0.3, -0.25) is 0 Å². The predicted molar refractivity (Wildman–Crippen MR) is 67.9 cm³/mol. The standard InChI is InChI=1S/C10H11Cl2I/c1-10(2,3)6-4-7(11)9(12)8(13)5-6/h4-5H,1-3H3. The second kappa shape index (κ2) is 3.95. The summed E-state index contributed by atoms with van der Waals surface area (Å²) in [6, 6.07) is 4.01. The number of benzene rings is 1. The van der Waals surface area contributed by atoms with Crippen LogP contribution < -0.4 is 0 Å². The van der Waals surface area contributed by atoms with Gasteiger partial charge in [-0.1, -0.05) is 44.0 Å². The highest BCUT2D eigenvalue weighted by molar-refractivity contribution is 14.1. The van der Waals surface area contributed by atoms with E-state index in [1.807, 2.05) is 6.07 Å². The Morgan fingerprint density at radius 1 is 1.15 bits per heavy atom. The molecular formula is C10H11Cl2I. The minimum Gasteiger partial charge on any atom is -0.0827 e. The van der Waals surface area contributed by atoms with Gasteiger partial charge in [0.2, 0.25) is 0 Å². The molecular weight excluding hydrogens is 318 g/mol. The maximum atomic E-state index is 5.99. The highest BCUT2D eigenvalue weighted by Crippen LogP contribution is 2.33. The molecule has 0 amide bonds. The summed E-state index contributed by atoms with van der Waals surface area (Å²) < 4.78 is 1.01. The lowest BCUT2D eigenvalue weighted by Gasteiger charge is -2.20. The summed E-state index contributed by atoms with van der Waals surface area (Å²) in [4.78, 5) is 0. The van der Waals surface area contributed by atoms with Crippen molar-refractivity contribution in [3.05, 3.63) is 31.3 Å². The summed E-state index contributed by atoms with van der Waals surface area (Å²) in [5.74, 6) is 0. The lowest BCUT2D eigenvalue weighted by atomic mass is 9.87. The summed E-state index contributed by atoms with van der Waals surface area (Å²) in [5.41, 5.74) is 1.33. The monoisotopic (exact) mass is 328 g/mol. The molecule has 0 fully saturated rings. The Labute approximate surface area is 103 Å². The second-order valence-corrected chi connectivity index (χ2v) is 5.95. The van der Waals surface area contributed by atoms with Gasteiger partial charge in [-0.25, -0.2) is 0 Å². The van der Waals surface area contributed by atoms with Gasteiger partial charge in [0.25, 0.3) is 0 Å². The van der Waals surface area contributed by atoms with Crippen molar-refractivity contribution in [1.82, 2.24) is 0 Å². The fraction of sp³-hybridized carbons (Fsp3) is 0.400. The van der Waals surface area contributed by atoms with E-state index in [9.17, 15) is 0 Å². The van der Waals surface area contributed by atoms with E-state index >= 15 is 0 Å². The molecule has 0 saturated heterocycles. The Balaban J connectivity index is 3.29. The fourth-order valence-corrected chi connectivity index (χ4v) is 2.10. The lowest BCUT2D eigenvalue weighted by molar-refractivity contribution is 0.590. The van der Waals surface area contributed by atoms with Crippen LogP contribution in [0.4, 0.5) is 0 Å². The van der Waals surface area contributed by atoms with Gasteiger partial charge < -0.3 is 0 Å². The molecule has 0 bridgehead atoms. The SMILES string of the molecule is CC(C)(C)c1cc(Cl)c(Cl)c(I)c1. The van der Waals surface area contributed by atoms with Gasteiger partial charge in [-0.2, -0.15) is 0 Å². The lowest BCUT2D eigenvalue weighted by Crippen LogP contribution is -2.11. The Kier molecular flexibility index (Phi) is 3.53. The van der Waals surface area contributed by atoms with Crippen LogP contribution in [0.15, 0.2) is 12.1 Å². The fourth-order valence-electron chi connectivity index (χ4n) is 0.989. The van der Waals surface area contributed by atoms with Crippen LogP contribution in [0.25, 0.3) is 0 Å². The van der Waals surface area contributed by atoms with E-state index in [2.05, 4.69) is 49.4 Å². The van der Waals surface area contributed by atoms with Gasteiger partial charge >= 0.3 is 0 Å². The average molecular weight is 329 g/mol. The molecule has 72 valence electrons. The molecule has 3 heteroatoms. The molecule has 13 heavy (non-hydrogen) atoms. The molecule has 0 aliphatic heterocycles. The first kappa shape index (κ1) is 11.6. The van der Waals surface area contributed by atoms with Crippen LogP contribution >= 0.6 is 45.8 Å². The maximum absolute atomic E-state index is 5.99. The first-order valence-corrected chi connectivity index (χ1v) is 5.81. The van der Waals surface area contributed by atoms with E-state index in [1.54, 1.807) is 0 Å². The van der Waals surface area contributed by atoms with Crippen molar-refractivity contribution in [1.29, 1.82) is 0 Å². The van der Waals surface area contributed by atoms with Crippen LogP contribution in [-0.4, -0.2) is 0 Å². The molecule has 1 aromatic rings. The molecule has 0 nitrogen and oxygen atoms in total. The molecule has 0 aliphatic carbocycles. The quantitative estimate of drug-likeness (QED) is 0.469. The molecule has 0 aliphatic rings. The van der Waals surface area contributed by atoms with Gasteiger partial charge in [-0.05, 0) is 45.7 Å². The number of rotatable bonds is 0. The molecule has 0 heterocycles. The summed E-state index contributed by atoms with van der Waals surface area (Å²) in [7, 11) is 0. The van der Waals surface area contributed by atoms with Crippen molar-refractivity contribution in [2.24, 2.45) is 0 Å². The van der Waals surface area contributed by atoms with Crippen molar-refractivity contribution in [3.63, 3.8) is 0 Å². The maximum Gasteiger partial charge on any atom is 0.0725 e. The van der Waals surface area contributed by atoms with Crippen molar-refractivity contribution in [3.8, 4) is 0 Å². The number of hydrogen-bond acceptors (Lipinski definition) is 0. The van der Waals surface area contributed by atoms with Crippen LogP contribution in [0.1, 0.15) is 26.3 Å². The Morgan fingerprint density at radius 2 is 1.69 bits per heavy atom. The van der Waals surface area contributed by atoms with E-state index in [1.165, 1.54) is 5.56 Å². The smallest absolute Gasteiger partial charge is 0.0725 e. The largest absolute Gasteiger partial charge is 0.0827 e. The van der Waals surface area contributed by atoms with Crippen LogP contribution in [0.5, 0.6) is 0 Å². The van der Waals surface area contributed by atoms with Crippen LogP contribution in [0, 0.1) is 3.57 Å². The van der Waals surface area contributed by atoms with Crippen LogP contribution in [-0.2, 0) is 5.41 Å². The zero-order valence-electron chi connectivity index (χ0n) is 7.79. The van der Waals surface area contributed by atoms with Gasteiger partial charge in [0.1, 0.15) is 0 Å². The molecule has 0 N–H and O–H groups in total. The van der Waals surface area contributed by atoms with Crippen molar-refractivity contribution >= 4 is 45.8 Å². The van der Waals surface area contributed by atoms with Crippen LogP contribution in [0.2, 0.25) is 10.0 Å². The molecule has 0 spiro atoms. The molecule has 0 unspecified atom stereocenters. The second-order valence-electron chi connectivity index (χ2n) is 4.00. The topological polar surface area (TPSA) is 0 Å². The zero-order valence-corrected chi connectivity index (χ0v) is 11.5. The molecule has 0 atom stereocenters. The molecule has 0 saturated carbocycles. The highest BCUT2D eigenvalue weighted by Gasteiger charge is 2.16. The normalized spacial score (nSPS) is 11.8.